The highest BCUT2D eigenvalue weighted by molar-refractivity contribution is 5.93. The van der Waals surface area contributed by atoms with Gasteiger partial charge in [-0.25, -0.2) is 0 Å². The predicted octanol–water partition coefficient (Wildman–Crippen LogP) is 3.56. The number of para-hydroxylation sites is 1. The number of nitro groups is 1. The molecule has 1 aliphatic rings. The Kier molecular flexibility index (Phi) is 4.70. The van der Waals surface area contributed by atoms with Crippen LogP contribution >= 0.6 is 0 Å². The van der Waals surface area contributed by atoms with Gasteiger partial charge in [-0.1, -0.05) is 32.0 Å². The summed E-state index contributed by atoms with van der Waals surface area (Å²) in [6.45, 7) is 5.48. The molecule has 1 aromatic heterocycles. The van der Waals surface area contributed by atoms with E-state index in [-0.39, 0.29) is 29.4 Å². The summed E-state index contributed by atoms with van der Waals surface area (Å²) in [5.74, 6) is -0.673. The molecule has 0 spiro atoms. The maximum absolute atomic E-state index is 12.5. The van der Waals surface area contributed by atoms with E-state index in [2.05, 4.69) is 24.9 Å². The number of carbonyl (C=O) groups excluding carboxylic acids is 1. The van der Waals surface area contributed by atoms with Gasteiger partial charge in [-0.15, -0.1) is 0 Å². The van der Waals surface area contributed by atoms with Crippen molar-refractivity contribution in [3.8, 4) is 5.75 Å². The maximum Gasteiger partial charge on any atom is 0.406 e. The van der Waals surface area contributed by atoms with Crippen LogP contribution in [0.25, 0.3) is 0 Å². The Hall–Kier alpha value is -3.22. The lowest BCUT2D eigenvalue weighted by molar-refractivity contribution is -0.390. The van der Waals surface area contributed by atoms with Gasteiger partial charge in [0.15, 0.2) is 12.4 Å². The second-order valence-corrected chi connectivity index (χ2v) is 7.02. The van der Waals surface area contributed by atoms with Gasteiger partial charge >= 0.3 is 5.82 Å². The van der Waals surface area contributed by atoms with Gasteiger partial charge < -0.3 is 19.8 Å². The zero-order chi connectivity index (χ0) is 19.8. The van der Waals surface area contributed by atoms with Gasteiger partial charge in [0.2, 0.25) is 5.75 Å². The van der Waals surface area contributed by atoms with Gasteiger partial charge in [0.25, 0.3) is 0 Å². The Morgan fingerprint density at radius 2 is 2.00 bits per heavy atom. The quantitative estimate of drug-likeness (QED) is 0.456. The highest BCUT2D eigenvalue weighted by Crippen LogP contribution is 2.46. The van der Waals surface area contributed by atoms with Crippen molar-refractivity contribution < 1.29 is 14.5 Å². The zero-order valence-electron chi connectivity index (χ0n) is 15.7. The van der Waals surface area contributed by atoms with Gasteiger partial charge in [-0.2, -0.15) is 0 Å². The molecular formula is C20H21N3O4. The average Bonchev–Trinajstić information content (AvgIpc) is 2.82. The van der Waals surface area contributed by atoms with E-state index in [1.54, 1.807) is 19.1 Å². The topological polar surface area (TPSA) is 85.6 Å². The number of pyridine rings is 1. The first-order valence-corrected chi connectivity index (χ1v) is 8.55. The third kappa shape index (κ3) is 3.40. The molecule has 0 atom stereocenters. The van der Waals surface area contributed by atoms with Crippen molar-refractivity contribution in [1.82, 2.24) is 4.98 Å². The number of nitrogens with zero attached hydrogens (tertiary/aromatic N) is 3. The molecule has 7 heteroatoms. The number of carbonyl (C=O) groups is 1. The number of fused-ring (bicyclic) bond motifs is 1. The number of hydrogen-bond acceptors (Lipinski definition) is 6. The van der Waals surface area contributed by atoms with Gasteiger partial charge in [0.1, 0.15) is 5.69 Å². The molecule has 2 heterocycles. The smallest absolute Gasteiger partial charge is 0.406 e. The fourth-order valence-electron chi connectivity index (χ4n) is 3.38. The number of anilines is 1. The van der Waals surface area contributed by atoms with Crippen molar-refractivity contribution in [2.24, 2.45) is 0 Å². The second kappa shape index (κ2) is 6.83. The van der Waals surface area contributed by atoms with Gasteiger partial charge in [-0.3, -0.25) is 4.79 Å². The average molecular weight is 367 g/mol. The largest absolute Gasteiger partial charge is 0.477 e. The molecule has 0 aliphatic carbocycles. The first-order valence-electron chi connectivity index (χ1n) is 8.55. The molecule has 0 radical (unpaired) electrons. The molecule has 0 bridgehead atoms. The Balaban J connectivity index is 1.80. The summed E-state index contributed by atoms with van der Waals surface area (Å²) in [7, 11) is 1.92. The van der Waals surface area contributed by atoms with Gasteiger partial charge in [0, 0.05) is 36.8 Å². The van der Waals surface area contributed by atoms with E-state index in [4.69, 9.17) is 4.74 Å². The van der Waals surface area contributed by atoms with Crippen LogP contribution in [0, 0.1) is 17.0 Å². The summed E-state index contributed by atoms with van der Waals surface area (Å²) in [5.41, 5.74) is 3.24. The fraction of sp³-hybridized carbons (Fsp3) is 0.300. The third-order valence-electron chi connectivity index (χ3n) is 4.76. The standard InChI is InChI=1S/C20H21N3O4/c1-13-9-10-17(19(21-13)23(25)26)27-12-14(24)11-18-20(2,3)15-7-5-6-8-16(15)22(18)4/h5-11H,12H2,1-4H3. The lowest BCUT2D eigenvalue weighted by Crippen LogP contribution is -2.25. The summed E-state index contributed by atoms with van der Waals surface area (Å²) in [6.07, 6.45) is 1.55. The van der Waals surface area contributed by atoms with Gasteiger partial charge in [0.05, 0.1) is 0 Å². The minimum atomic E-state index is -0.615. The van der Waals surface area contributed by atoms with Crippen molar-refractivity contribution in [2.45, 2.75) is 26.2 Å². The third-order valence-corrected chi connectivity index (χ3v) is 4.76. The number of likely N-dealkylation sites (N-methyl/N-ethyl adjacent to an activating group) is 1. The molecule has 140 valence electrons. The van der Waals surface area contributed by atoms with E-state index in [9.17, 15) is 14.9 Å². The molecule has 1 aromatic carbocycles. The van der Waals surface area contributed by atoms with E-state index < -0.39 is 4.92 Å². The van der Waals surface area contributed by atoms with Crippen LogP contribution in [0.1, 0.15) is 25.1 Å². The van der Waals surface area contributed by atoms with E-state index in [0.29, 0.717) is 5.69 Å². The molecule has 0 unspecified atom stereocenters. The molecule has 0 fully saturated rings. The molecule has 0 amide bonds. The normalized spacial score (nSPS) is 16.3. The SMILES string of the molecule is Cc1ccc(OCC(=O)C=C2N(C)c3ccccc3C2(C)C)c([N+](=O)[O-])n1. The number of benzene rings is 1. The number of allylic oxidation sites excluding steroid dienone is 1. The number of rotatable bonds is 5. The second-order valence-electron chi connectivity index (χ2n) is 7.02. The Morgan fingerprint density at radius 1 is 1.30 bits per heavy atom. The van der Waals surface area contributed by atoms with E-state index in [1.807, 2.05) is 30.1 Å². The molecule has 3 rings (SSSR count). The number of ketones is 1. The maximum atomic E-state index is 12.5. The van der Waals surface area contributed by atoms with Crippen LogP contribution in [0.15, 0.2) is 48.2 Å². The monoisotopic (exact) mass is 367 g/mol. The first-order chi connectivity index (χ1) is 12.7. The molecule has 2 aromatic rings. The summed E-state index contributed by atoms with van der Waals surface area (Å²) in [6, 6.07) is 11.1. The van der Waals surface area contributed by atoms with Crippen LogP contribution in [0.4, 0.5) is 11.5 Å². The Bertz CT molecular complexity index is 950. The molecule has 1 aliphatic heterocycles. The highest BCUT2D eigenvalue weighted by Gasteiger charge is 2.38. The van der Waals surface area contributed by atoms with Crippen molar-refractivity contribution in [1.29, 1.82) is 0 Å². The van der Waals surface area contributed by atoms with Crippen molar-refractivity contribution in [2.75, 3.05) is 18.6 Å². The first kappa shape index (κ1) is 18.6. The van der Waals surface area contributed by atoms with E-state index >= 15 is 0 Å². The molecule has 0 saturated heterocycles. The summed E-state index contributed by atoms with van der Waals surface area (Å²) >= 11 is 0. The molecular weight excluding hydrogens is 346 g/mol. The number of ether oxygens (including phenoxy) is 1. The zero-order valence-corrected chi connectivity index (χ0v) is 15.7. The van der Waals surface area contributed by atoms with Gasteiger partial charge in [-0.05, 0) is 33.7 Å². The van der Waals surface area contributed by atoms with Crippen molar-refractivity contribution in [3.05, 3.63) is 69.5 Å². The van der Waals surface area contributed by atoms with Crippen molar-refractivity contribution >= 4 is 17.3 Å². The van der Waals surface area contributed by atoms with Crippen LogP contribution in [0.2, 0.25) is 0 Å². The lowest BCUT2D eigenvalue weighted by atomic mass is 9.83. The molecule has 7 nitrogen and oxygen atoms in total. The molecule has 0 N–H and O–H groups in total. The Labute approximate surface area is 157 Å². The molecule has 0 saturated carbocycles. The van der Waals surface area contributed by atoms with E-state index in [0.717, 1.165) is 16.9 Å². The van der Waals surface area contributed by atoms with Crippen LogP contribution in [0.5, 0.6) is 5.75 Å². The van der Waals surface area contributed by atoms with Crippen molar-refractivity contribution in [3.63, 3.8) is 0 Å². The van der Waals surface area contributed by atoms with Crippen LogP contribution in [0.3, 0.4) is 0 Å². The minimum Gasteiger partial charge on any atom is -0.477 e. The van der Waals surface area contributed by atoms with Crippen LogP contribution in [-0.4, -0.2) is 29.3 Å². The summed E-state index contributed by atoms with van der Waals surface area (Å²) in [4.78, 5) is 28.8. The van der Waals surface area contributed by atoms with Crippen LogP contribution in [-0.2, 0) is 10.2 Å². The number of hydrogen-bond donors (Lipinski definition) is 0. The molecule has 27 heavy (non-hydrogen) atoms. The van der Waals surface area contributed by atoms with Crippen LogP contribution < -0.4 is 9.64 Å². The fourth-order valence-corrected chi connectivity index (χ4v) is 3.38. The predicted molar refractivity (Wildman–Crippen MR) is 102 cm³/mol. The lowest BCUT2D eigenvalue weighted by Gasteiger charge is -2.23. The summed E-state index contributed by atoms with van der Waals surface area (Å²) < 4.78 is 5.39. The number of aryl methyl sites for hydroxylation is 1. The minimum absolute atomic E-state index is 0.0142. The Morgan fingerprint density at radius 3 is 2.67 bits per heavy atom. The highest BCUT2D eigenvalue weighted by atomic mass is 16.6. The number of aromatic nitrogens is 1. The summed E-state index contributed by atoms with van der Waals surface area (Å²) in [5, 5.41) is 11.1. The van der Waals surface area contributed by atoms with E-state index in [1.165, 1.54) is 6.07 Å².